The Morgan fingerprint density at radius 3 is 2.28 bits per heavy atom. The molecule has 2 fully saturated rings. The van der Waals surface area contributed by atoms with Crippen molar-refractivity contribution in [3.8, 4) is 0 Å². The van der Waals surface area contributed by atoms with Gasteiger partial charge in [-0.15, -0.1) is 0 Å². The molecule has 5 nitrogen and oxygen atoms in total. The minimum Gasteiger partial charge on any atom is -0.392 e. The highest BCUT2D eigenvalue weighted by Crippen LogP contribution is 2.33. The third kappa shape index (κ3) is 2.50. The number of thiocarbonyl (C=S) groups is 1. The highest BCUT2D eigenvalue weighted by Gasteiger charge is 2.45. The lowest BCUT2D eigenvalue weighted by Crippen LogP contribution is -2.57. The molecule has 2 aliphatic rings. The van der Waals surface area contributed by atoms with E-state index in [1.807, 2.05) is 4.90 Å². The predicted octanol–water partition coefficient (Wildman–Crippen LogP) is -0.157. The van der Waals surface area contributed by atoms with Crippen LogP contribution in [0.25, 0.3) is 0 Å². The van der Waals surface area contributed by atoms with Crippen LogP contribution in [0.3, 0.4) is 0 Å². The van der Waals surface area contributed by atoms with Gasteiger partial charge in [-0.3, -0.25) is 4.79 Å². The molecule has 1 amide bonds. The summed E-state index contributed by atoms with van der Waals surface area (Å²) < 4.78 is 5.34. The van der Waals surface area contributed by atoms with Crippen LogP contribution >= 0.6 is 12.2 Å². The second kappa shape index (κ2) is 5.50. The average molecular weight is 271 g/mol. The molecule has 6 heteroatoms. The van der Waals surface area contributed by atoms with Gasteiger partial charge in [0, 0.05) is 39.4 Å². The van der Waals surface area contributed by atoms with E-state index in [1.54, 1.807) is 0 Å². The first-order chi connectivity index (χ1) is 8.56. The zero-order valence-corrected chi connectivity index (χ0v) is 11.7. The number of hydrogen-bond donors (Lipinski definition) is 1. The molecule has 0 saturated carbocycles. The van der Waals surface area contributed by atoms with Crippen molar-refractivity contribution in [2.75, 3.05) is 46.4 Å². The highest BCUT2D eigenvalue weighted by molar-refractivity contribution is 7.80. The molecule has 0 aliphatic carbocycles. The molecular formula is C12H21N3O2S. The molecule has 0 aromatic rings. The summed E-state index contributed by atoms with van der Waals surface area (Å²) in [5.74, 6) is 0.103. The van der Waals surface area contributed by atoms with Crippen LogP contribution in [-0.2, 0) is 9.53 Å². The SMILES string of the molecule is CN1CCN(C(=O)C2(C(N)=S)CCOCC2)CC1. The summed E-state index contributed by atoms with van der Waals surface area (Å²) in [5, 5.41) is 0. The van der Waals surface area contributed by atoms with Crippen LogP contribution in [0.4, 0.5) is 0 Å². The van der Waals surface area contributed by atoms with Gasteiger partial charge < -0.3 is 20.3 Å². The van der Waals surface area contributed by atoms with Crippen LogP contribution in [0, 0.1) is 5.41 Å². The van der Waals surface area contributed by atoms with Gasteiger partial charge in [-0.2, -0.15) is 0 Å². The Labute approximate surface area is 113 Å². The molecular weight excluding hydrogens is 250 g/mol. The van der Waals surface area contributed by atoms with E-state index in [-0.39, 0.29) is 5.91 Å². The molecule has 0 aromatic carbocycles. The first kappa shape index (κ1) is 13.7. The quantitative estimate of drug-likeness (QED) is 0.708. The van der Waals surface area contributed by atoms with E-state index < -0.39 is 5.41 Å². The molecule has 2 N–H and O–H groups in total. The lowest BCUT2D eigenvalue weighted by Gasteiger charge is -2.41. The van der Waals surface area contributed by atoms with Crippen LogP contribution < -0.4 is 5.73 Å². The van der Waals surface area contributed by atoms with Crippen molar-refractivity contribution in [2.45, 2.75) is 12.8 Å². The number of likely N-dealkylation sites (N-methyl/N-ethyl adjacent to an activating group) is 1. The van der Waals surface area contributed by atoms with Gasteiger partial charge in [0.1, 0.15) is 5.41 Å². The summed E-state index contributed by atoms with van der Waals surface area (Å²) in [7, 11) is 2.07. The smallest absolute Gasteiger partial charge is 0.235 e. The van der Waals surface area contributed by atoms with E-state index in [2.05, 4.69) is 11.9 Å². The van der Waals surface area contributed by atoms with E-state index >= 15 is 0 Å². The maximum atomic E-state index is 12.7. The average Bonchev–Trinajstić information content (AvgIpc) is 2.39. The Kier molecular flexibility index (Phi) is 4.19. The molecule has 2 rings (SSSR count). The molecule has 0 unspecified atom stereocenters. The standard InChI is InChI=1S/C12H21N3O2S/c1-14-4-6-15(7-5-14)11(16)12(10(13)18)2-8-17-9-3-12/h2-9H2,1H3,(H2,13,18). The van der Waals surface area contributed by atoms with Crippen LogP contribution in [0.5, 0.6) is 0 Å². The van der Waals surface area contributed by atoms with E-state index in [9.17, 15) is 4.79 Å². The van der Waals surface area contributed by atoms with Crippen LogP contribution in [0.15, 0.2) is 0 Å². The molecule has 0 spiro atoms. The number of rotatable bonds is 2. The topological polar surface area (TPSA) is 58.8 Å². The van der Waals surface area contributed by atoms with Gasteiger partial charge in [0.15, 0.2) is 0 Å². The molecule has 2 heterocycles. The number of nitrogens with zero attached hydrogens (tertiary/aromatic N) is 2. The molecule has 2 aliphatic heterocycles. The van der Waals surface area contributed by atoms with Gasteiger partial charge in [-0.1, -0.05) is 12.2 Å². The number of nitrogens with two attached hydrogens (primary N) is 1. The Balaban J connectivity index is 2.11. The Morgan fingerprint density at radius 1 is 1.22 bits per heavy atom. The zero-order chi connectivity index (χ0) is 13.2. The third-order valence-electron chi connectivity index (χ3n) is 4.02. The Hall–Kier alpha value is -0.720. The Bertz CT molecular complexity index is 334. The van der Waals surface area contributed by atoms with Gasteiger partial charge in [0.2, 0.25) is 5.91 Å². The van der Waals surface area contributed by atoms with Gasteiger partial charge in [-0.05, 0) is 19.9 Å². The van der Waals surface area contributed by atoms with Gasteiger partial charge in [-0.25, -0.2) is 0 Å². The molecule has 2 saturated heterocycles. The van der Waals surface area contributed by atoms with Crippen molar-refractivity contribution in [1.82, 2.24) is 9.80 Å². The van der Waals surface area contributed by atoms with Crippen LogP contribution in [-0.4, -0.2) is 67.1 Å². The fourth-order valence-corrected chi connectivity index (χ4v) is 2.89. The number of ether oxygens (including phenoxy) is 1. The minimum atomic E-state index is -0.663. The molecule has 0 radical (unpaired) electrons. The number of amides is 1. The molecule has 0 atom stereocenters. The number of hydrogen-bond acceptors (Lipinski definition) is 4. The summed E-state index contributed by atoms with van der Waals surface area (Å²) in [4.78, 5) is 17.2. The number of piperazine rings is 1. The minimum absolute atomic E-state index is 0.103. The zero-order valence-electron chi connectivity index (χ0n) is 10.9. The molecule has 18 heavy (non-hydrogen) atoms. The summed E-state index contributed by atoms with van der Waals surface area (Å²) in [6.45, 7) is 4.49. The predicted molar refractivity (Wildman–Crippen MR) is 73.3 cm³/mol. The maximum Gasteiger partial charge on any atom is 0.235 e. The normalized spacial score (nSPS) is 24.8. The lowest BCUT2D eigenvalue weighted by molar-refractivity contribution is -0.144. The summed E-state index contributed by atoms with van der Waals surface area (Å²) in [6.07, 6.45) is 1.24. The maximum absolute atomic E-state index is 12.7. The lowest BCUT2D eigenvalue weighted by atomic mass is 9.78. The van der Waals surface area contributed by atoms with Crippen LogP contribution in [0.2, 0.25) is 0 Å². The van der Waals surface area contributed by atoms with E-state index in [1.165, 1.54) is 0 Å². The first-order valence-electron chi connectivity index (χ1n) is 6.42. The van der Waals surface area contributed by atoms with E-state index in [0.29, 0.717) is 31.0 Å². The first-order valence-corrected chi connectivity index (χ1v) is 6.83. The van der Waals surface area contributed by atoms with Crippen molar-refractivity contribution in [3.05, 3.63) is 0 Å². The van der Waals surface area contributed by atoms with Gasteiger partial charge in [0.25, 0.3) is 0 Å². The highest BCUT2D eigenvalue weighted by atomic mass is 32.1. The van der Waals surface area contributed by atoms with Crippen molar-refractivity contribution >= 4 is 23.1 Å². The summed E-state index contributed by atoms with van der Waals surface area (Å²) in [6, 6.07) is 0. The monoisotopic (exact) mass is 271 g/mol. The van der Waals surface area contributed by atoms with Crippen molar-refractivity contribution in [3.63, 3.8) is 0 Å². The number of carbonyl (C=O) groups is 1. The molecule has 0 aromatic heterocycles. The number of carbonyl (C=O) groups excluding carboxylic acids is 1. The van der Waals surface area contributed by atoms with Gasteiger partial charge >= 0.3 is 0 Å². The van der Waals surface area contributed by atoms with Crippen LogP contribution in [0.1, 0.15) is 12.8 Å². The molecule has 102 valence electrons. The summed E-state index contributed by atoms with van der Waals surface area (Å²) >= 11 is 5.16. The van der Waals surface area contributed by atoms with Crippen molar-refractivity contribution < 1.29 is 9.53 Å². The molecule has 0 bridgehead atoms. The van der Waals surface area contributed by atoms with Crippen molar-refractivity contribution in [1.29, 1.82) is 0 Å². The third-order valence-corrected chi connectivity index (χ3v) is 4.41. The summed E-state index contributed by atoms with van der Waals surface area (Å²) in [5.41, 5.74) is 5.19. The fourth-order valence-electron chi connectivity index (χ4n) is 2.60. The second-order valence-corrected chi connectivity index (χ2v) is 5.59. The van der Waals surface area contributed by atoms with E-state index in [4.69, 9.17) is 22.7 Å². The Morgan fingerprint density at radius 2 is 1.78 bits per heavy atom. The second-order valence-electron chi connectivity index (χ2n) is 5.15. The largest absolute Gasteiger partial charge is 0.392 e. The van der Waals surface area contributed by atoms with Gasteiger partial charge in [0.05, 0.1) is 4.99 Å². The van der Waals surface area contributed by atoms with Crippen molar-refractivity contribution in [2.24, 2.45) is 11.1 Å². The van der Waals surface area contributed by atoms with E-state index in [0.717, 1.165) is 26.2 Å². The fraction of sp³-hybridized carbons (Fsp3) is 0.833.